The van der Waals surface area contributed by atoms with E-state index in [9.17, 15) is 0 Å². The number of piperidine rings is 1. The van der Waals surface area contributed by atoms with Crippen molar-refractivity contribution in [1.82, 2.24) is 4.90 Å². The van der Waals surface area contributed by atoms with Crippen LogP contribution in [0.2, 0.25) is 0 Å². The van der Waals surface area contributed by atoms with E-state index in [0.717, 1.165) is 12.3 Å². The molecular formula is C15H21BrN2. The largest absolute Gasteiger partial charge is 0.382 e. The molecule has 2 saturated heterocycles. The Bertz CT molecular complexity index is 433. The molecule has 2 aliphatic heterocycles. The zero-order valence-corrected chi connectivity index (χ0v) is 12.5. The predicted molar refractivity (Wildman–Crippen MR) is 80.1 cm³/mol. The lowest BCUT2D eigenvalue weighted by molar-refractivity contribution is 0.255. The first kappa shape index (κ1) is 12.5. The molecule has 3 heteroatoms. The highest BCUT2D eigenvalue weighted by atomic mass is 79.9. The van der Waals surface area contributed by atoms with Gasteiger partial charge in [0.15, 0.2) is 0 Å². The Kier molecular flexibility index (Phi) is 3.62. The molecule has 3 rings (SSSR count). The Hall–Kier alpha value is -0.540. The van der Waals surface area contributed by atoms with Gasteiger partial charge in [0.2, 0.25) is 0 Å². The SMILES string of the molecule is CCc1cc(Br)ccc1NC1CCN2CCC1C2. The van der Waals surface area contributed by atoms with Crippen LogP contribution in [0.1, 0.15) is 25.3 Å². The Balaban J connectivity index is 1.75. The fourth-order valence-electron chi connectivity index (χ4n) is 3.34. The molecule has 0 amide bonds. The molecule has 0 aliphatic carbocycles. The van der Waals surface area contributed by atoms with Crippen LogP contribution in [0.4, 0.5) is 5.69 Å². The molecular weight excluding hydrogens is 288 g/mol. The molecule has 3 atom stereocenters. The van der Waals surface area contributed by atoms with Crippen molar-refractivity contribution in [3.63, 3.8) is 0 Å². The van der Waals surface area contributed by atoms with Gasteiger partial charge < -0.3 is 10.2 Å². The van der Waals surface area contributed by atoms with Gasteiger partial charge >= 0.3 is 0 Å². The summed E-state index contributed by atoms with van der Waals surface area (Å²) in [5, 5.41) is 3.81. The Morgan fingerprint density at radius 3 is 3.00 bits per heavy atom. The number of rotatable bonds is 3. The zero-order valence-electron chi connectivity index (χ0n) is 11.0. The molecule has 0 aromatic heterocycles. The lowest BCUT2D eigenvalue weighted by atomic mass is 9.93. The van der Waals surface area contributed by atoms with Crippen LogP contribution in [0.25, 0.3) is 0 Å². The van der Waals surface area contributed by atoms with E-state index < -0.39 is 0 Å². The fourth-order valence-corrected chi connectivity index (χ4v) is 3.75. The molecule has 0 saturated carbocycles. The van der Waals surface area contributed by atoms with Crippen molar-refractivity contribution in [3.8, 4) is 0 Å². The van der Waals surface area contributed by atoms with Crippen LogP contribution < -0.4 is 5.32 Å². The van der Waals surface area contributed by atoms with Gasteiger partial charge in [-0.05, 0) is 55.5 Å². The van der Waals surface area contributed by atoms with Gasteiger partial charge in [-0.25, -0.2) is 0 Å². The normalized spacial score (nSPS) is 30.4. The number of hydrogen-bond acceptors (Lipinski definition) is 2. The molecule has 18 heavy (non-hydrogen) atoms. The summed E-state index contributed by atoms with van der Waals surface area (Å²) in [5.74, 6) is 0.854. The van der Waals surface area contributed by atoms with Gasteiger partial charge in [0.25, 0.3) is 0 Å². The van der Waals surface area contributed by atoms with Gasteiger partial charge in [0.1, 0.15) is 0 Å². The second kappa shape index (κ2) is 5.22. The van der Waals surface area contributed by atoms with Gasteiger partial charge in [-0.2, -0.15) is 0 Å². The van der Waals surface area contributed by atoms with Gasteiger partial charge in [-0.3, -0.25) is 0 Å². The molecule has 2 nitrogen and oxygen atoms in total. The number of halogens is 1. The molecule has 1 aromatic rings. The third-order valence-electron chi connectivity index (χ3n) is 4.42. The molecule has 98 valence electrons. The van der Waals surface area contributed by atoms with E-state index in [1.807, 2.05) is 0 Å². The van der Waals surface area contributed by atoms with Crippen molar-refractivity contribution >= 4 is 21.6 Å². The molecule has 2 bridgehead atoms. The van der Waals surface area contributed by atoms with Gasteiger partial charge in [0.05, 0.1) is 0 Å². The third-order valence-corrected chi connectivity index (χ3v) is 4.92. The highest BCUT2D eigenvalue weighted by Gasteiger charge is 2.34. The number of fused-ring (bicyclic) bond motifs is 2. The number of anilines is 1. The van der Waals surface area contributed by atoms with E-state index in [-0.39, 0.29) is 0 Å². The average Bonchev–Trinajstić information content (AvgIpc) is 2.77. The summed E-state index contributed by atoms with van der Waals surface area (Å²) in [4.78, 5) is 2.60. The summed E-state index contributed by atoms with van der Waals surface area (Å²) in [6, 6.07) is 7.29. The van der Waals surface area contributed by atoms with Crippen LogP contribution in [0.3, 0.4) is 0 Å². The monoisotopic (exact) mass is 308 g/mol. The van der Waals surface area contributed by atoms with Crippen LogP contribution in [0, 0.1) is 5.92 Å². The Morgan fingerprint density at radius 1 is 1.33 bits per heavy atom. The van der Waals surface area contributed by atoms with Crippen LogP contribution >= 0.6 is 15.9 Å². The molecule has 2 fully saturated rings. The zero-order chi connectivity index (χ0) is 12.5. The Morgan fingerprint density at radius 2 is 2.17 bits per heavy atom. The van der Waals surface area contributed by atoms with Crippen LogP contribution in [0.5, 0.6) is 0 Å². The molecule has 1 N–H and O–H groups in total. The van der Waals surface area contributed by atoms with Crippen molar-refractivity contribution in [2.75, 3.05) is 25.0 Å². The van der Waals surface area contributed by atoms with Crippen LogP contribution in [-0.2, 0) is 6.42 Å². The highest BCUT2D eigenvalue weighted by Crippen LogP contribution is 2.31. The van der Waals surface area contributed by atoms with Crippen molar-refractivity contribution in [3.05, 3.63) is 28.2 Å². The smallest absolute Gasteiger partial charge is 0.0375 e. The highest BCUT2D eigenvalue weighted by molar-refractivity contribution is 9.10. The lowest BCUT2D eigenvalue weighted by Crippen LogP contribution is -2.39. The van der Waals surface area contributed by atoms with Crippen molar-refractivity contribution < 1.29 is 0 Å². The van der Waals surface area contributed by atoms with E-state index >= 15 is 0 Å². The molecule has 3 unspecified atom stereocenters. The van der Waals surface area contributed by atoms with E-state index in [2.05, 4.69) is 51.3 Å². The summed E-state index contributed by atoms with van der Waals surface area (Å²) >= 11 is 3.56. The fraction of sp³-hybridized carbons (Fsp3) is 0.600. The summed E-state index contributed by atoms with van der Waals surface area (Å²) in [5.41, 5.74) is 2.76. The summed E-state index contributed by atoms with van der Waals surface area (Å²) in [6.45, 7) is 6.11. The maximum absolute atomic E-state index is 3.81. The summed E-state index contributed by atoms with van der Waals surface area (Å²) in [6.07, 6.45) is 3.75. The lowest BCUT2D eigenvalue weighted by Gasteiger charge is -2.32. The van der Waals surface area contributed by atoms with Gasteiger partial charge in [-0.1, -0.05) is 22.9 Å². The maximum atomic E-state index is 3.81. The molecule has 0 radical (unpaired) electrons. The van der Waals surface area contributed by atoms with Gasteiger partial charge in [-0.15, -0.1) is 0 Å². The number of benzene rings is 1. The first-order chi connectivity index (χ1) is 8.76. The molecule has 2 aliphatic rings. The molecule has 0 spiro atoms. The number of nitrogens with one attached hydrogen (secondary N) is 1. The van der Waals surface area contributed by atoms with E-state index in [0.29, 0.717) is 6.04 Å². The first-order valence-electron chi connectivity index (χ1n) is 7.03. The second-order valence-corrected chi connectivity index (χ2v) is 6.46. The maximum Gasteiger partial charge on any atom is 0.0375 e. The summed E-state index contributed by atoms with van der Waals surface area (Å²) in [7, 11) is 0. The minimum Gasteiger partial charge on any atom is -0.382 e. The minimum absolute atomic E-state index is 0.676. The topological polar surface area (TPSA) is 15.3 Å². The first-order valence-corrected chi connectivity index (χ1v) is 7.83. The van der Waals surface area contributed by atoms with E-state index in [4.69, 9.17) is 0 Å². The molecule has 1 aromatic carbocycles. The minimum atomic E-state index is 0.676. The standard InChI is InChI=1S/C15H21BrN2/c1-2-11-9-13(16)3-4-14(11)17-15-6-8-18-7-5-12(15)10-18/h3-4,9,12,15,17H,2,5-8,10H2,1H3. The number of aryl methyl sites for hydroxylation is 1. The van der Waals surface area contributed by atoms with E-state index in [1.165, 1.54) is 48.2 Å². The van der Waals surface area contributed by atoms with Crippen molar-refractivity contribution in [2.45, 2.75) is 32.2 Å². The van der Waals surface area contributed by atoms with E-state index in [1.54, 1.807) is 0 Å². The van der Waals surface area contributed by atoms with Crippen LogP contribution in [0.15, 0.2) is 22.7 Å². The number of nitrogens with zero attached hydrogens (tertiary/aromatic N) is 1. The third kappa shape index (κ3) is 2.43. The summed E-state index contributed by atoms with van der Waals surface area (Å²) < 4.78 is 1.18. The van der Waals surface area contributed by atoms with Crippen molar-refractivity contribution in [2.24, 2.45) is 5.92 Å². The van der Waals surface area contributed by atoms with Crippen molar-refractivity contribution in [1.29, 1.82) is 0 Å². The molecule has 2 heterocycles. The average molecular weight is 309 g/mol. The van der Waals surface area contributed by atoms with Crippen LogP contribution in [-0.4, -0.2) is 30.6 Å². The quantitative estimate of drug-likeness (QED) is 0.919. The second-order valence-electron chi connectivity index (χ2n) is 5.54. The predicted octanol–water partition coefficient (Wildman–Crippen LogP) is 3.52. The Labute approximate surface area is 118 Å². The van der Waals surface area contributed by atoms with Gasteiger partial charge in [0, 0.05) is 29.3 Å². The number of hydrogen-bond donors (Lipinski definition) is 1.